The maximum Gasteiger partial charge on any atom is 0.249 e. The van der Waals surface area contributed by atoms with Gasteiger partial charge < -0.3 is 19.7 Å². The highest BCUT2D eigenvalue weighted by molar-refractivity contribution is 6.35. The van der Waals surface area contributed by atoms with Crippen molar-refractivity contribution in [2.24, 2.45) is 0 Å². The lowest BCUT2D eigenvalue weighted by Gasteiger charge is -2.38. The maximum absolute atomic E-state index is 13.4. The van der Waals surface area contributed by atoms with Crippen LogP contribution in [0.15, 0.2) is 54.6 Å². The molecular formula is C24H24Cl2N2O4. The summed E-state index contributed by atoms with van der Waals surface area (Å²) in [4.78, 5) is 27.8. The lowest BCUT2D eigenvalue weighted by molar-refractivity contribution is -0.188. The van der Waals surface area contributed by atoms with Gasteiger partial charge in [-0.05, 0) is 29.3 Å². The van der Waals surface area contributed by atoms with Crippen molar-refractivity contribution in [3.63, 3.8) is 0 Å². The van der Waals surface area contributed by atoms with Crippen LogP contribution in [0.4, 0.5) is 0 Å². The summed E-state index contributed by atoms with van der Waals surface area (Å²) in [7, 11) is 0. The van der Waals surface area contributed by atoms with Crippen molar-refractivity contribution in [1.29, 1.82) is 0 Å². The summed E-state index contributed by atoms with van der Waals surface area (Å²) < 4.78 is 11.5. The molecule has 1 N–H and O–H groups in total. The van der Waals surface area contributed by atoms with Crippen LogP contribution in [-0.4, -0.2) is 48.8 Å². The minimum Gasteiger partial charge on any atom is -0.347 e. The number of nitrogens with zero attached hydrogens (tertiary/aromatic N) is 1. The molecule has 0 bridgehead atoms. The second-order valence-electron chi connectivity index (χ2n) is 7.78. The third-order valence-corrected chi connectivity index (χ3v) is 6.26. The summed E-state index contributed by atoms with van der Waals surface area (Å²) in [5, 5.41) is 3.80. The first-order chi connectivity index (χ1) is 15.5. The number of hydrogen-bond donors (Lipinski definition) is 1. The summed E-state index contributed by atoms with van der Waals surface area (Å²) in [6, 6.07) is 13.5. The van der Waals surface area contributed by atoms with Crippen molar-refractivity contribution in [2.45, 2.75) is 24.7 Å². The molecule has 2 aliphatic heterocycles. The molecule has 6 nitrogen and oxygen atoms in total. The van der Waals surface area contributed by atoms with Gasteiger partial charge in [-0.25, -0.2) is 0 Å². The highest BCUT2D eigenvalue weighted by Gasteiger charge is 2.42. The summed E-state index contributed by atoms with van der Waals surface area (Å²) >= 11 is 12.1. The Morgan fingerprint density at radius 3 is 2.38 bits per heavy atom. The van der Waals surface area contributed by atoms with E-state index in [1.165, 1.54) is 6.08 Å². The standard InChI is InChI=1S/C24H24Cl2N2O4/c25-19-8-6-17(20(26)16-19)7-9-21(29)27-22(18-4-2-1-3-5-18)23(30)28-12-10-24(11-13-28)31-14-15-32-24/h1-9,16,22H,10-15H2,(H,27,29)/b9-7+/t22-/m1/s1. The fourth-order valence-electron chi connectivity index (χ4n) is 3.96. The summed E-state index contributed by atoms with van der Waals surface area (Å²) in [5.74, 6) is -1.12. The Morgan fingerprint density at radius 2 is 1.72 bits per heavy atom. The maximum atomic E-state index is 13.4. The highest BCUT2D eigenvalue weighted by Crippen LogP contribution is 2.32. The van der Waals surface area contributed by atoms with Crippen molar-refractivity contribution in [2.75, 3.05) is 26.3 Å². The van der Waals surface area contributed by atoms with Gasteiger partial charge in [-0.15, -0.1) is 0 Å². The fourth-order valence-corrected chi connectivity index (χ4v) is 4.43. The quantitative estimate of drug-likeness (QED) is 0.658. The average molecular weight is 475 g/mol. The average Bonchev–Trinajstić information content (AvgIpc) is 3.25. The molecule has 32 heavy (non-hydrogen) atoms. The van der Waals surface area contributed by atoms with Gasteiger partial charge in [0.1, 0.15) is 6.04 Å². The topological polar surface area (TPSA) is 67.9 Å². The number of likely N-dealkylation sites (tertiary alicyclic amines) is 1. The van der Waals surface area contributed by atoms with Crippen molar-refractivity contribution in [3.8, 4) is 0 Å². The second kappa shape index (κ2) is 10.0. The number of carbonyl (C=O) groups is 2. The monoisotopic (exact) mass is 474 g/mol. The Kier molecular flexibility index (Phi) is 7.16. The Balaban J connectivity index is 1.46. The van der Waals surface area contributed by atoms with Gasteiger partial charge in [0.25, 0.3) is 0 Å². The molecule has 8 heteroatoms. The van der Waals surface area contributed by atoms with Crippen LogP contribution in [0.1, 0.15) is 30.0 Å². The molecule has 2 aromatic carbocycles. The fraction of sp³-hybridized carbons (Fsp3) is 0.333. The molecule has 168 valence electrons. The molecule has 0 aliphatic carbocycles. The molecule has 2 fully saturated rings. The predicted octanol–water partition coefficient (Wildman–Crippen LogP) is 4.23. The van der Waals surface area contributed by atoms with Crippen molar-refractivity contribution in [1.82, 2.24) is 10.2 Å². The van der Waals surface area contributed by atoms with Gasteiger partial charge in [0.05, 0.1) is 13.2 Å². The zero-order valence-electron chi connectivity index (χ0n) is 17.4. The first-order valence-corrected chi connectivity index (χ1v) is 11.3. The molecule has 2 amide bonds. The number of nitrogens with one attached hydrogen (secondary N) is 1. The van der Waals surface area contributed by atoms with Crippen LogP contribution in [0, 0.1) is 0 Å². The molecule has 2 heterocycles. The van der Waals surface area contributed by atoms with E-state index in [0.717, 1.165) is 5.56 Å². The molecule has 2 aliphatic rings. The Bertz CT molecular complexity index is 996. The predicted molar refractivity (Wildman–Crippen MR) is 123 cm³/mol. The number of piperidine rings is 1. The van der Waals surface area contributed by atoms with Crippen molar-refractivity contribution >= 4 is 41.1 Å². The third-order valence-electron chi connectivity index (χ3n) is 5.69. The number of amides is 2. The molecule has 2 saturated heterocycles. The van der Waals surface area contributed by atoms with Gasteiger partial charge in [-0.1, -0.05) is 59.6 Å². The van der Waals surface area contributed by atoms with Crippen LogP contribution in [0.25, 0.3) is 6.08 Å². The van der Waals surface area contributed by atoms with E-state index in [9.17, 15) is 9.59 Å². The summed E-state index contributed by atoms with van der Waals surface area (Å²) in [5.41, 5.74) is 1.38. The smallest absolute Gasteiger partial charge is 0.249 e. The molecule has 0 aromatic heterocycles. The Morgan fingerprint density at radius 1 is 1.03 bits per heavy atom. The lowest BCUT2D eigenvalue weighted by atomic mass is 10.0. The Labute approximate surface area is 197 Å². The van der Waals surface area contributed by atoms with Crippen molar-refractivity contribution < 1.29 is 19.1 Å². The largest absolute Gasteiger partial charge is 0.347 e. The number of hydrogen-bond acceptors (Lipinski definition) is 4. The number of carbonyl (C=O) groups excluding carboxylic acids is 2. The van der Waals surface area contributed by atoms with E-state index < -0.39 is 17.7 Å². The highest BCUT2D eigenvalue weighted by atomic mass is 35.5. The SMILES string of the molecule is O=C(/C=C/c1ccc(Cl)cc1Cl)N[C@@H](C(=O)N1CCC2(CC1)OCCO2)c1ccccc1. The van der Waals surface area contributed by atoms with Crippen molar-refractivity contribution in [3.05, 3.63) is 75.8 Å². The van der Waals surface area contributed by atoms with Gasteiger partial charge in [-0.2, -0.15) is 0 Å². The molecule has 0 unspecified atom stereocenters. The molecule has 2 aromatic rings. The number of rotatable bonds is 5. The molecule has 4 rings (SSSR count). The van der Waals surface area contributed by atoms with Crippen LogP contribution in [0.2, 0.25) is 10.0 Å². The van der Waals surface area contributed by atoms with E-state index in [1.54, 1.807) is 29.2 Å². The van der Waals surface area contributed by atoms with Crippen LogP contribution in [-0.2, 0) is 19.1 Å². The van der Waals surface area contributed by atoms with E-state index in [0.29, 0.717) is 54.8 Å². The first-order valence-electron chi connectivity index (χ1n) is 10.5. The van der Waals surface area contributed by atoms with Crippen LogP contribution >= 0.6 is 23.2 Å². The summed E-state index contributed by atoms with van der Waals surface area (Å²) in [6.07, 6.45) is 4.19. The number of ether oxygens (including phenoxy) is 2. The third kappa shape index (κ3) is 5.33. The number of benzene rings is 2. The van der Waals surface area contributed by atoms with E-state index >= 15 is 0 Å². The van der Waals surface area contributed by atoms with Gasteiger partial charge in [0, 0.05) is 42.1 Å². The summed E-state index contributed by atoms with van der Waals surface area (Å²) in [6.45, 7) is 2.18. The molecule has 0 radical (unpaired) electrons. The molecule has 1 atom stereocenters. The lowest BCUT2D eigenvalue weighted by Crippen LogP contribution is -2.50. The molecule has 1 spiro atoms. The Hall–Kier alpha value is -2.38. The van der Waals surface area contributed by atoms with Crippen LogP contribution < -0.4 is 5.32 Å². The van der Waals surface area contributed by atoms with Gasteiger partial charge in [-0.3, -0.25) is 9.59 Å². The second-order valence-corrected chi connectivity index (χ2v) is 8.63. The van der Waals surface area contributed by atoms with Gasteiger partial charge in [0.15, 0.2) is 5.79 Å². The van der Waals surface area contributed by atoms with Crippen LogP contribution in [0.5, 0.6) is 0 Å². The minimum absolute atomic E-state index is 0.157. The first kappa shape index (κ1) is 22.8. The molecule has 0 saturated carbocycles. The van der Waals surface area contributed by atoms with E-state index in [2.05, 4.69) is 5.32 Å². The normalized spacial score (nSPS) is 18.8. The zero-order chi connectivity index (χ0) is 22.6. The van der Waals surface area contributed by atoms with E-state index in [-0.39, 0.29) is 5.91 Å². The van der Waals surface area contributed by atoms with E-state index in [1.807, 2.05) is 30.3 Å². The minimum atomic E-state index is -0.798. The van der Waals surface area contributed by atoms with Gasteiger partial charge in [0.2, 0.25) is 11.8 Å². The van der Waals surface area contributed by atoms with Crippen LogP contribution in [0.3, 0.4) is 0 Å². The van der Waals surface area contributed by atoms with E-state index in [4.69, 9.17) is 32.7 Å². The molecular weight excluding hydrogens is 451 g/mol. The zero-order valence-corrected chi connectivity index (χ0v) is 18.9. The number of halogens is 2. The van der Waals surface area contributed by atoms with Gasteiger partial charge >= 0.3 is 0 Å².